The maximum atomic E-state index is 10.7. The van der Waals surface area contributed by atoms with Gasteiger partial charge in [0.1, 0.15) is 0 Å². The van der Waals surface area contributed by atoms with Crippen LogP contribution < -0.4 is 0 Å². The van der Waals surface area contributed by atoms with Crippen LogP contribution in [-0.2, 0) is 6.54 Å². The second kappa shape index (κ2) is 8.29. The Morgan fingerprint density at radius 2 is 1.77 bits per heavy atom. The van der Waals surface area contributed by atoms with Crippen molar-refractivity contribution in [3.8, 4) is 0 Å². The number of hydrogen-bond donors (Lipinski definition) is 0. The normalized spacial score (nSPS) is 15.9. The lowest BCUT2D eigenvalue weighted by molar-refractivity contribution is -0.384. The van der Waals surface area contributed by atoms with E-state index in [2.05, 4.69) is 21.1 Å². The third-order valence-corrected chi connectivity index (χ3v) is 4.86. The molecule has 1 aliphatic heterocycles. The van der Waals surface area contributed by atoms with Crippen LogP contribution in [-0.4, -0.2) is 46.7 Å². The van der Waals surface area contributed by atoms with Crippen LogP contribution in [0, 0.1) is 10.1 Å². The lowest BCUT2D eigenvalue weighted by Gasteiger charge is -2.33. The number of hydrogen-bond acceptors (Lipinski definition) is 5. The van der Waals surface area contributed by atoms with E-state index in [1.807, 2.05) is 25.1 Å². The average Bonchev–Trinajstić information content (AvgIpc) is 2.65. The molecule has 0 aliphatic carbocycles. The van der Waals surface area contributed by atoms with E-state index in [-0.39, 0.29) is 5.69 Å². The van der Waals surface area contributed by atoms with Crippen LogP contribution >= 0.6 is 11.6 Å². The fourth-order valence-electron chi connectivity index (χ4n) is 2.96. The number of piperazine rings is 1. The van der Waals surface area contributed by atoms with Gasteiger partial charge in [0.2, 0.25) is 0 Å². The van der Waals surface area contributed by atoms with Crippen molar-refractivity contribution in [1.82, 2.24) is 9.91 Å². The summed E-state index contributed by atoms with van der Waals surface area (Å²) >= 11 is 6.24. The van der Waals surface area contributed by atoms with Crippen molar-refractivity contribution in [2.45, 2.75) is 13.5 Å². The van der Waals surface area contributed by atoms with Crippen molar-refractivity contribution in [2.75, 3.05) is 26.2 Å². The fraction of sp³-hybridized carbons (Fsp3) is 0.316. The SMILES string of the molecule is CC(=NN1CCN(Cc2ccccc2Cl)CC1)c1ccc([N+](=O)[O-])cc1. The Balaban J connectivity index is 1.56. The van der Waals surface area contributed by atoms with E-state index < -0.39 is 4.92 Å². The van der Waals surface area contributed by atoms with Gasteiger partial charge in [0.05, 0.1) is 10.6 Å². The molecule has 3 rings (SSSR count). The summed E-state index contributed by atoms with van der Waals surface area (Å²) in [5.41, 5.74) is 3.00. The molecule has 136 valence electrons. The third kappa shape index (κ3) is 4.59. The van der Waals surface area contributed by atoms with Gasteiger partial charge in [0.25, 0.3) is 5.69 Å². The average molecular weight is 373 g/mol. The van der Waals surface area contributed by atoms with Gasteiger partial charge in [0, 0.05) is 49.9 Å². The van der Waals surface area contributed by atoms with Crippen LogP contribution in [0.15, 0.2) is 53.6 Å². The van der Waals surface area contributed by atoms with E-state index in [0.29, 0.717) is 0 Å². The van der Waals surface area contributed by atoms with E-state index in [9.17, 15) is 10.1 Å². The van der Waals surface area contributed by atoms with E-state index in [1.54, 1.807) is 12.1 Å². The molecule has 0 spiro atoms. The molecule has 2 aromatic rings. The van der Waals surface area contributed by atoms with Gasteiger partial charge < -0.3 is 0 Å². The maximum absolute atomic E-state index is 10.7. The Bertz CT molecular complexity index is 799. The van der Waals surface area contributed by atoms with Gasteiger partial charge in [0.15, 0.2) is 0 Å². The summed E-state index contributed by atoms with van der Waals surface area (Å²) in [7, 11) is 0. The number of nitro benzene ring substituents is 1. The lowest BCUT2D eigenvalue weighted by atomic mass is 10.1. The van der Waals surface area contributed by atoms with Gasteiger partial charge in [-0.25, -0.2) is 0 Å². The van der Waals surface area contributed by atoms with E-state index in [4.69, 9.17) is 11.6 Å². The molecule has 0 bridgehead atoms. The van der Waals surface area contributed by atoms with Crippen molar-refractivity contribution < 1.29 is 4.92 Å². The van der Waals surface area contributed by atoms with E-state index >= 15 is 0 Å². The van der Waals surface area contributed by atoms with Crippen LogP contribution in [0.5, 0.6) is 0 Å². The molecular weight excluding hydrogens is 352 g/mol. The molecule has 7 heteroatoms. The Labute approximate surface area is 157 Å². The van der Waals surface area contributed by atoms with Crippen LogP contribution in [0.25, 0.3) is 0 Å². The minimum absolute atomic E-state index is 0.0923. The minimum Gasteiger partial charge on any atom is -0.295 e. The van der Waals surface area contributed by atoms with Gasteiger partial charge in [-0.15, -0.1) is 0 Å². The van der Waals surface area contributed by atoms with Gasteiger partial charge >= 0.3 is 0 Å². The minimum atomic E-state index is -0.394. The number of halogens is 1. The van der Waals surface area contributed by atoms with Gasteiger partial charge in [-0.2, -0.15) is 5.10 Å². The number of non-ortho nitro benzene ring substituents is 1. The highest BCUT2D eigenvalue weighted by Gasteiger charge is 2.17. The molecule has 0 aromatic heterocycles. The molecule has 1 fully saturated rings. The molecule has 0 radical (unpaired) electrons. The van der Waals surface area contributed by atoms with E-state index in [0.717, 1.165) is 54.6 Å². The quantitative estimate of drug-likeness (QED) is 0.455. The molecule has 0 amide bonds. The van der Waals surface area contributed by atoms with Crippen LogP contribution in [0.2, 0.25) is 5.02 Å². The Hall–Kier alpha value is -2.44. The maximum Gasteiger partial charge on any atom is 0.269 e. The molecule has 2 aromatic carbocycles. The van der Waals surface area contributed by atoms with Gasteiger partial charge in [-0.3, -0.25) is 20.0 Å². The lowest BCUT2D eigenvalue weighted by Crippen LogP contribution is -2.43. The highest BCUT2D eigenvalue weighted by Crippen LogP contribution is 2.18. The van der Waals surface area contributed by atoms with Gasteiger partial charge in [-0.05, 0) is 36.2 Å². The number of nitro groups is 1. The molecule has 1 aliphatic rings. The monoisotopic (exact) mass is 372 g/mol. The third-order valence-electron chi connectivity index (χ3n) is 4.49. The van der Waals surface area contributed by atoms with Crippen LogP contribution in [0.3, 0.4) is 0 Å². The molecule has 0 N–H and O–H groups in total. The van der Waals surface area contributed by atoms with Crippen molar-refractivity contribution in [1.29, 1.82) is 0 Å². The molecular formula is C19H21ClN4O2. The topological polar surface area (TPSA) is 62.0 Å². The zero-order chi connectivity index (χ0) is 18.5. The molecule has 0 saturated carbocycles. The highest BCUT2D eigenvalue weighted by atomic mass is 35.5. The number of rotatable bonds is 5. The Morgan fingerprint density at radius 3 is 2.38 bits per heavy atom. The predicted molar refractivity (Wildman–Crippen MR) is 104 cm³/mol. The van der Waals surface area contributed by atoms with Gasteiger partial charge in [-0.1, -0.05) is 29.8 Å². The summed E-state index contributed by atoms with van der Waals surface area (Å²) in [4.78, 5) is 12.7. The number of benzene rings is 2. The first-order valence-electron chi connectivity index (χ1n) is 8.53. The largest absolute Gasteiger partial charge is 0.295 e. The van der Waals surface area contributed by atoms with Crippen molar-refractivity contribution in [3.63, 3.8) is 0 Å². The molecule has 26 heavy (non-hydrogen) atoms. The molecule has 1 saturated heterocycles. The summed E-state index contributed by atoms with van der Waals surface area (Å²) in [5.74, 6) is 0. The summed E-state index contributed by atoms with van der Waals surface area (Å²) < 4.78 is 0. The second-order valence-corrected chi connectivity index (χ2v) is 6.72. The predicted octanol–water partition coefficient (Wildman–Crippen LogP) is 3.79. The molecule has 6 nitrogen and oxygen atoms in total. The number of hydrazone groups is 1. The van der Waals surface area contributed by atoms with Crippen LogP contribution in [0.4, 0.5) is 5.69 Å². The van der Waals surface area contributed by atoms with Crippen molar-refractivity contribution in [3.05, 3.63) is 74.8 Å². The fourth-order valence-corrected chi connectivity index (χ4v) is 3.15. The Kier molecular flexibility index (Phi) is 5.85. The summed E-state index contributed by atoms with van der Waals surface area (Å²) in [6.07, 6.45) is 0. The number of nitrogens with zero attached hydrogens (tertiary/aromatic N) is 4. The first-order valence-corrected chi connectivity index (χ1v) is 8.91. The molecule has 1 heterocycles. The van der Waals surface area contributed by atoms with Crippen LogP contribution in [0.1, 0.15) is 18.1 Å². The zero-order valence-corrected chi connectivity index (χ0v) is 15.4. The summed E-state index contributed by atoms with van der Waals surface area (Å²) in [6, 6.07) is 14.4. The zero-order valence-electron chi connectivity index (χ0n) is 14.6. The molecule has 0 unspecified atom stereocenters. The Morgan fingerprint density at radius 1 is 1.12 bits per heavy atom. The first-order chi connectivity index (χ1) is 12.5. The first kappa shape index (κ1) is 18.4. The molecule has 0 atom stereocenters. The standard InChI is InChI=1S/C19H21ClN4O2/c1-15(16-6-8-18(9-7-16)24(25)26)21-23-12-10-22(11-13-23)14-17-4-2-3-5-19(17)20/h2-9H,10-14H2,1H3. The van der Waals surface area contributed by atoms with E-state index in [1.165, 1.54) is 12.1 Å². The second-order valence-electron chi connectivity index (χ2n) is 6.31. The van der Waals surface area contributed by atoms with Crippen molar-refractivity contribution in [2.24, 2.45) is 5.10 Å². The highest BCUT2D eigenvalue weighted by molar-refractivity contribution is 6.31. The van der Waals surface area contributed by atoms with Crippen molar-refractivity contribution >= 4 is 23.0 Å². The summed E-state index contributed by atoms with van der Waals surface area (Å²) in [6.45, 7) is 6.30. The smallest absolute Gasteiger partial charge is 0.269 e. The summed E-state index contributed by atoms with van der Waals surface area (Å²) in [5, 5.41) is 18.3.